The Bertz CT molecular complexity index is 284. The van der Waals surface area contributed by atoms with Crippen molar-refractivity contribution < 1.29 is 9.53 Å². The maximum Gasteiger partial charge on any atom is 0.407 e. The normalized spacial score (nSPS) is 29.2. The van der Waals surface area contributed by atoms with Crippen LogP contribution in [-0.4, -0.2) is 23.8 Å². The van der Waals surface area contributed by atoms with E-state index in [2.05, 4.69) is 19.2 Å². The second-order valence-corrected chi connectivity index (χ2v) is 6.73. The molecular weight excluding hydrogens is 228 g/mol. The number of carbonyl (C=O) groups is 1. The van der Waals surface area contributed by atoms with Crippen LogP contribution in [0.15, 0.2) is 0 Å². The minimum Gasteiger partial charge on any atom is -0.444 e. The van der Waals surface area contributed by atoms with E-state index in [0.717, 1.165) is 19.3 Å². The molecule has 1 aliphatic carbocycles. The van der Waals surface area contributed by atoms with Crippen molar-refractivity contribution in [3.8, 4) is 0 Å². The highest BCUT2D eigenvalue weighted by atomic mass is 16.6. The smallest absolute Gasteiger partial charge is 0.407 e. The zero-order chi connectivity index (χ0) is 13.9. The second-order valence-electron chi connectivity index (χ2n) is 6.73. The van der Waals surface area contributed by atoms with Crippen molar-refractivity contribution in [2.45, 2.75) is 71.6 Å². The lowest BCUT2D eigenvalue weighted by molar-refractivity contribution is 0.0473. The van der Waals surface area contributed by atoms with Gasteiger partial charge in [-0.05, 0) is 51.9 Å². The van der Waals surface area contributed by atoms with Gasteiger partial charge in [0.25, 0.3) is 0 Å². The van der Waals surface area contributed by atoms with E-state index >= 15 is 0 Å². The molecule has 18 heavy (non-hydrogen) atoms. The Hall–Kier alpha value is -0.770. The molecule has 106 valence electrons. The highest BCUT2D eigenvalue weighted by Gasteiger charge is 2.31. The van der Waals surface area contributed by atoms with Crippen molar-refractivity contribution in [3.05, 3.63) is 0 Å². The van der Waals surface area contributed by atoms with Crippen LogP contribution in [0.5, 0.6) is 0 Å². The van der Waals surface area contributed by atoms with E-state index < -0.39 is 5.60 Å². The van der Waals surface area contributed by atoms with Crippen LogP contribution < -0.4 is 11.1 Å². The van der Waals surface area contributed by atoms with Crippen LogP contribution in [0.2, 0.25) is 0 Å². The molecule has 0 heterocycles. The second kappa shape index (κ2) is 5.91. The number of hydrogen-bond donors (Lipinski definition) is 2. The Balaban J connectivity index is 2.43. The molecule has 0 aromatic carbocycles. The molecule has 4 nitrogen and oxygen atoms in total. The van der Waals surface area contributed by atoms with E-state index in [9.17, 15) is 4.79 Å². The van der Waals surface area contributed by atoms with Gasteiger partial charge in [-0.15, -0.1) is 0 Å². The number of rotatable bonds is 2. The number of nitrogens with one attached hydrogen (secondary N) is 1. The number of hydrogen-bond acceptors (Lipinski definition) is 3. The zero-order valence-electron chi connectivity index (χ0n) is 12.3. The lowest BCUT2D eigenvalue weighted by atomic mass is 9.77. The minimum atomic E-state index is -0.455. The summed E-state index contributed by atoms with van der Waals surface area (Å²) in [5.41, 5.74) is 5.69. The monoisotopic (exact) mass is 256 g/mol. The zero-order valence-corrected chi connectivity index (χ0v) is 12.3. The van der Waals surface area contributed by atoms with Crippen LogP contribution >= 0.6 is 0 Å². The molecular formula is C14H28N2O2. The summed E-state index contributed by atoms with van der Waals surface area (Å²) < 4.78 is 5.26. The summed E-state index contributed by atoms with van der Waals surface area (Å²) in [6.45, 7) is 10.1. The maximum absolute atomic E-state index is 11.7. The maximum atomic E-state index is 11.7. The van der Waals surface area contributed by atoms with Crippen molar-refractivity contribution in [2.75, 3.05) is 0 Å². The Labute approximate surface area is 111 Å². The van der Waals surface area contributed by atoms with Crippen molar-refractivity contribution in [1.82, 2.24) is 5.32 Å². The van der Waals surface area contributed by atoms with Crippen molar-refractivity contribution in [1.29, 1.82) is 0 Å². The van der Waals surface area contributed by atoms with Gasteiger partial charge in [-0.3, -0.25) is 0 Å². The molecule has 1 aliphatic rings. The quantitative estimate of drug-likeness (QED) is 0.798. The van der Waals surface area contributed by atoms with Gasteiger partial charge in [-0.1, -0.05) is 13.8 Å². The van der Waals surface area contributed by atoms with Gasteiger partial charge in [0, 0.05) is 12.1 Å². The highest BCUT2D eigenvalue weighted by molar-refractivity contribution is 5.68. The van der Waals surface area contributed by atoms with E-state index in [1.165, 1.54) is 0 Å². The molecule has 0 aliphatic heterocycles. The van der Waals surface area contributed by atoms with E-state index in [0.29, 0.717) is 11.8 Å². The predicted molar refractivity (Wildman–Crippen MR) is 73.3 cm³/mol. The van der Waals surface area contributed by atoms with Gasteiger partial charge in [-0.2, -0.15) is 0 Å². The summed E-state index contributed by atoms with van der Waals surface area (Å²) in [7, 11) is 0. The molecule has 1 fully saturated rings. The van der Waals surface area contributed by atoms with E-state index in [4.69, 9.17) is 10.5 Å². The Morgan fingerprint density at radius 2 is 1.94 bits per heavy atom. The number of carbonyl (C=O) groups excluding carboxylic acids is 1. The van der Waals surface area contributed by atoms with Gasteiger partial charge in [0.15, 0.2) is 0 Å². The summed E-state index contributed by atoms with van der Waals surface area (Å²) in [5, 5.41) is 2.90. The predicted octanol–water partition coefficient (Wildman–Crippen LogP) is 2.66. The van der Waals surface area contributed by atoms with Crippen molar-refractivity contribution in [2.24, 2.45) is 17.6 Å². The molecule has 0 saturated heterocycles. The molecule has 1 unspecified atom stereocenters. The molecule has 0 bridgehead atoms. The lowest BCUT2D eigenvalue weighted by Gasteiger charge is -2.36. The van der Waals surface area contributed by atoms with Gasteiger partial charge in [-0.25, -0.2) is 4.79 Å². The molecule has 0 radical (unpaired) electrons. The van der Waals surface area contributed by atoms with Crippen LogP contribution in [0.3, 0.4) is 0 Å². The van der Waals surface area contributed by atoms with Gasteiger partial charge < -0.3 is 15.8 Å². The van der Waals surface area contributed by atoms with Gasteiger partial charge in [0.05, 0.1) is 0 Å². The molecule has 4 heteroatoms. The Kier molecular flexibility index (Phi) is 5.02. The van der Waals surface area contributed by atoms with Crippen LogP contribution in [-0.2, 0) is 4.74 Å². The first kappa shape index (κ1) is 15.3. The fourth-order valence-corrected chi connectivity index (χ4v) is 2.48. The SMILES string of the molecule is CC(C)C1CC[C@H](NC(=O)OC(C)(C)C)[C@H](N)C1. The summed E-state index contributed by atoms with van der Waals surface area (Å²) in [4.78, 5) is 11.7. The highest BCUT2D eigenvalue weighted by Crippen LogP contribution is 2.29. The summed E-state index contributed by atoms with van der Waals surface area (Å²) in [6.07, 6.45) is 2.71. The van der Waals surface area contributed by atoms with Crippen LogP contribution in [0, 0.1) is 11.8 Å². The largest absolute Gasteiger partial charge is 0.444 e. The first-order valence-corrected chi connectivity index (χ1v) is 6.94. The number of nitrogens with two attached hydrogens (primary N) is 1. The molecule has 0 aromatic heterocycles. The van der Waals surface area contributed by atoms with E-state index in [1.807, 2.05) is 20.8 Å². The first-order chi connectivity index (χ1) is 8.19. The van der Waals surface area contributed by atoms with Crippen LogP contribution in [0.1, 0.15) is 53.9 Å². The molecule has 1 amide bonds. The molecule has 3 N–H and O–H groups in total. The average Bonchev–Trinajstić information content (AvgIpc) is 2.17. The standard InChI is InChI=1S/C14H28N2O2/c1-9(2)10-6-7-12(11(15)8-10)16-13(17)18-14(3,4)5/h9-12H,6-8,15H2,1-5H3,(H,16,17)/t10?,11-,12+/m1/s1. The third kappa shape index (κ3) is 4.84. The third-order valence-corrected chi connectivity index (χ3v) is 3.59. The molecule has 3 atom stereocenters. The minimum absolute atomic E-state index is 0.0404. The van der Waals surface area contributed by atoms with Gasteiger partial charge >= 0.3 is 6.09 Å². The van der Waals surface area contributed by atoms with Crippen LogP contribution in [0.4, 0.5) is 4.79 Å². The molecule has 1 saturated carbocycles. The first-order valence-electron chi connectivity index (χ1n) is 6.94. The lowest BCUT2D eigenvalue weighted by Crippen LogP contribution is -2.52. The van der Waals surface area contributed by atoms with Crippen LogP contribution in [0.25, 0.3) is 0 Å². The van der Waals surface area contributed by atoms with Gasteiger partial charge in [0.2, 0.25) is 0 Å². The fourth-order valence-electron chi connectivity index (χ4n) is 2.48. The van der Waals surface area contributed by atoms with E-state index in [1.54, 1.807) is 0 Å². The summed E-state index contributed by atoms with van der Waals surface area (Å²) in [5.74, 6) is 1.34. The number of ether oxygens (including phenoxy) is 1. The van der Waals surface area contributed by atoms with Crippen molar-refractivity contribution in [3.63, 3.8) is 0 Å². The average molecular weight is 256 g/mol. The third-order valence-electron chi connectivity index (χ3n) is 3.59. The molecule has 0 aromatic rings. The van der Waals surface area contributed by atoms with Crippen molar-refractivity contribution >= 4 is 6.09 Å². The summed E-state index contributed by atoms with van der Waals surface area (Å²) >= 11 is 0. The van der Waals surface area contributed by atoms with Gasteiger partial charge in [0.1, 0.15) is 5.60 Å². The Morgan fingerprint density at radius 3 is 2.39 bits per heavy atom. The number of alkyl carbamates (subject to hydrolysis) is 1. The topological polar surface area (TPSA) is 64.3 Å². The fraction of sp³-hybridized carbons (Fsp3) is 0.929. The molecule has 0 spiro atoms. The molecule has 1 rings (SSSR count). The number of amides is 1. The van der Waals surface area contributed by atoms with E-state index in [-0.39, 0.29) is 18.2 Å². The Morgan fingerprint density at radius 1 is 1.33 bits per heavy atom. The summed E-state index contributed by atoms with van der Waals surface area (Å²) in [6, 6.07) is 0.0912.